The minimum Gasteiger partial charge on any atom is -0.380 e. The third-order valence-corrected chi connectivity index (χ3v) is 3.59. The molecule has 0 aromatic carbocycles. The maximum atomic E-state index is 11.6. The van der Waals surface area contributed by atoms with E-state index in [0.29, 0.717) is 6.42 Å². The van der Waals surface area contributed by atoms with Gasteiger partial charge in [-0.15, -0.1) is 0 Å². The van der Waals surface area contributed by atoms with E-state index in [1.807, 2.05) is 13.8 Å². The fraction of sp³-hybridized carbons (Fsp3) is 1.00. The molecule has 0 aromatic rings. The molecule has 4 atom stereocenters. The van der Waals surface area contributed by atoms with Crippen LogP contribution in [-0.2, 0) is 23.1 Å². The van der Waals surface area contributed by atoms with E-state index >= 15 is 0 Å². The van der Waals surface area contributed by atoms with Crippen LogP contribution in [0.5, 0.6) is 0 Å². The van der Waals surface area contributed by atoms with Crippen LogP contribution >= 0.6 is 7.82 Å². The zero-order chi connectivity index (χ0) is 14.6. The lowest BCUT2D eigenvalue weighted by Gasteiger charge is -2.22. The van der Waals surface area contributed by atoms with E-state index < -0.39 is 26.0 Å². The van der Waals surface area contributed by atoms with Gasteiger partial charge in [0, 0.05) is 6.00 Å². The molecule has 8 heteroatoms. The summed E-state index contributed by atoms with van der Waals surface area (Å²) < 4.78 is 32.3. The molecule has 0 aliphatic carbocycles. The Bertz CT molecular complexity index is 324. The van der Waals surface area contributed by atoms with Gasteiger partial charge in [0.15, 0.2) is 0 Å². The average molecular weight is 292 g/mol. The van der Waals surface area contributed by atoms with Gasteiger partial charge in [-0.05, 0) is 34.1 Å². The average Bonchev–Trinajstić information content (AvgIpc) is 2.53. The SMILES string of the molecule is [B][C@H]1CC(OC(C)C)[C@@H](COP(=O)(O)OC(C)C)O1. The Balaban J connectivity index is 2.48. The van der Waals surface area contributed by atoms with Crippen molar-refractivity contribution in [2.24, 2.45) is 0 Å². The topological polar surface area (TPSA) is 74.2 Å². The van der Waals surface area contributed by atoms with E-state index in [4.69, 9.17) is 26.4 Å². The fourth-order valence-electron chi connectivity index (χ4n) is 1.85. The van der Waals surface area contributed by atoms with Crippen LogP contribution in [0.4, 0.5) is 0 Å². The molecule has 0 spiro atoms. The maximum Gasteiger partial charge on any atom is 0.472 e. The third kappa shape index (κ3) is 6.38. The maximum absolute atomic E-state index is 11.6. The van der Waals surface area contributed by atoms with Crippen LogP contribution in [0.2, 0.25) is 0 Å². The molecule has 1 rings (SSSR count). The second kappa shape index (κ2) is 7.20. The lowest BCUT2D eigenvalue weighted by atomic mass is 9.96. The molecule has 0 aromatic heterocycles. The summed E-state index contributed by atoms with van der Waals surface area (Å²) in [4.78, 5) is 9.46. The Labute approximate surface area is 115 Å². The van der Waals surface area contributed by atoms with E-state index in [0.717, 1.165) is 0 Å². The van der Waals surface area contributed by atoms with Crippen LogP contribution in [-0.4, -0.2) is 49.8 Å². The minimum absolute atomic E-state index is 0.0224. The smallest absolute Gasteiger partial charge is 0.380 e. The predicted molar refractivity (Wildman–Crippen MR) is 71.0 cm³/mol. The van der Waals surface area contributed by atoms with E-state index in [2.05, 4.69) is 0 Å². The first-order valence-electron chi connectivity index (χ1n) is 6.42. The molecular formula is C11H22BO6P. The van der Waals surface area contributed by atoms with Crippen LogP contribution in [0.15, 0.2) is 0 Å². The van der Waals surface area contributed by atoms with Gasteiger partial charge >= 0.3 is 7.82 Å². The largest absolute Gasteiger partial charge is 0.472 e. The van der Waals surface area contributed by atoms with Crippen LogP contribution < -0.4 is 0 Å². The number of hydrogen-bond donors (Lipinski definition) is 1. The second-order valence-corrected chi connectivity index (χ2v) is 6.50. The summed E-state index contributed by atoms with van der Waals surface area (Å²) in [7, 11) is 1.63. The Hall–Kier alpha value is 0.0949. The van der Waals surface area contributed by atoms with Gasteiger partial charge in [0.25, 0.3) is 0 Å². The Morgan fingerprint density at radius 3 is 2.53 bits per heavy atom. The fourth-order valence-corrected chi connectivity index (χ4v) is 2.78. The highest BCUT2D eigenvalue weighted by molar-refractivity contribution is 7.47. The minimum atomic E-state index is -4.06. The Morgan fingerprint density at radius 1 is 1.37 bits per heavy atom. The van der Waals surface area contributed by atoms with E-state index in [1.165, 1.54) is 0 Å². The molecule has 1 N–H and O–H groups in total. The summed E-state index contributed by atoms with van der Waals surface area (Å²) in [5, 5.41) is 0. The van der Waals surface area contributed by atoms with E-state index in [9.17, 15) is 9.46 Å². The molecule has 1 aliphatic heterocycles. The highest BCUT2D eigenvalue weighted by Crippen LogP contribution is 2.45. The molecule has 1 saturated heterocycles. The second-order valence-electron chi connectivity index (χ2n) is 5.09. The van der Waals surface area contributed by atoms with Crippen molar-refractivity contribution in [1.29, 1.82) is 0 Å². The molecule has 1 heterocycles. The molecule has 2 radical (unpaired) electrons. The van der Waals surface area contributed by atoms with Gasteiger partial charge in [0.1, 0.15) is 14.0 Å². The normalized spacial score (nSPS) is 31.0. The zero-order valence-electron chi connectivity index (χ0n) is 11.8. The van der Waals surface area contributed by atoms with Gasteiger partial charge in [-0.3, -0.25) is 9.05 Å². The molecule has 110 valence electrons. The number of phosphoric acid groups is 1. The molecular weight excluding hydrogens is 270 g/mol. The Morgan fingerprint density at radius 2 is 2.00 bits per heavy atom. The first kappa shape index (κ1) is 17.1. The molecule has 1 fully saturated rings. The predicted octanol–water partition coefficient (Wildman–Crippen LogP) is 1.61. The van der Waals surface area contributed by atoms with E-state index in [1.54, 1.807) is 13.8 Å². The van der Waals surface area contributed by atoms with Crippen molar-refractivity contribution in [1.82, 2.24) is 0 Å². The lowest BCUT2D eigenvalue weighted by molar-refractivity contribution is -0.0588. The molecule has 6 nitrogen and oxygen atoms in total. The zero-order valence-corrected chi connectivity index (χ0v) is 12.7. The van der Waals surface area contributed by atoms with Crippen molar-refractivity contribution in [3.63, 3.8) is 0 Å². The van der Waals surface area contributed by atoms with Gasteiger partial charge < -0.3 is 14.4 Å². The van der Waals surface area contributed by atoms with Crippen molar-refractivity contribution in [2.75, 3.05) is 6.61 Å². The summed E-state index contributed by atoms with van der Waals surface area (Å²) in [6, 6.07) is -0.443. The van der Waals surface area contributed by atoms with Crippen molar-refractivity contribution in [3.8, 4) is 0 Å². The number of phosphoric ester groups is 1. The van der Waals surface area contributed by atoms with Gasteiger partial charge in [0.2, 0.25) is 0 Å². The molecule has 0 amide bonds. The van der Waals surface area contributed by atoms with E-state index in [-0.39, 0.29) is 18.8 Å². The van der Waals surface area contributed by atoms with Crippen molar-refractivity contribution in [3.05, 3.63) is 0 Å². The molecule has 0 saturated carbocycles. The summed E-state index contributed by atoms with van der Waals surface area (Å²) in [6.07, 6.45) is -0.547. The van der Waals surface area contributed by atoms with Crippen LogP contribution in [0.25, 0.3) is 0 Å². The lowest BCUT2D eigenvalue weighted by Crippen LogP contribution is -2.31. The van der Waals surface area contributed by atoms with Crippen molar-refractivity contribution in [2.45, 2.75) is 64.5 Å². The van der Waals surface area contributed by atoms with Gasteiger partial charge in [-0.25, -0.2) is 4.57 Å². The number of ether oxygens (including phenoxy) is 2. The molecule has 2 unspecified atom stereocenters. The van der Waals surface area contributed by atoms with Crippen molar-refractivity contribution < 1.29 is 28.0 Å². The summed E-state index contributed by atoms with van der Waals surface area (Å²) in [5.74, 6) is 0. The first-order chi connectivity index (χ1) is 8.69. The van der Waals surface area contributed by atoms with Gasteiger partial charge in [-0.2, -0.15) is 0 Å². The Kier molecular flexibility index (Phi) is 6.50. The summed E-state index contributed by atoms with van der Waals surface area (Å²) in [6.45, 7) is 7.02. The number of rotatable bonds is 7. The summed E-state index contributed by atoms with van der Waals surface area (Å²) in [5.41, 5.74) is 0. The highest BCUT2D eigenvalue weighted by Gasteiger charge is 2.36. The first-order valence-corrected chi connectivity index (χ1v) is 7.91. The van der Waals surface area contributed by atoms with Crippen LogP contribution in [0, 0.1) is 0 Å². The summed E-state index contributed by atoms with van der Waals surface area (Å²) >= 11 is 0. The van der Waals surface area contributed by atoms with Gasteiger partial charge in [0.05, 0.1) is 24.9 Å². The molecule has 19 heavy (non-hydrogen) atoms. The molecule has 0 bridgehead atoms. The number of hydrogen-bond acceptors (Lipinski definition) is 5. The molecule has 1 aliphatic rings. The monoisotopic (exact) mass is 292 g/mol. The van der Waals surface area contributed by atoms with Gasteiger partial charge in [-0.1, -0.05) is 0 Å². The standard InChI is InChI=1S/C11H22BO6P/c1-7(2)16-9-5-11(12)17-10(9)6-15-19(13,14)18-8(3)4/h7-11H,5-6H2,1-4H3,(H,13,14)/t9?,10-,11-/m1/s1. The highest BCUT2D eigenvalue weighted by atomic mass is 31.2. The van der Waals surface area contributed by atoms with Crippen LogP contribution in [0.1, 0.15) is 34.1 Å². The van der Waals surface area contributed by atoms with Crippen LogP contribution in [0.3, 0.4) is 0 Å². The quantitative estimate of drug-likeness (QED) is 0.567. The third-order valence-electron chi connectivity index (χ3n) is 2.42. The van der Waals surface area contributed by atoms with Crippen molar-refractivity contribution >= 4 is 15.7 Å².